The number of benzene rings is 2. The summed E-state index contributed by atoms with van der Waals surface area (Å²) in [5, 5.41) is 8.57. The molecule has 0 aliphatic carbocycles. The Bertz CT molecular complexity index is 818. The fraction of sp³-hybridized carbons (Fsp3) is 0.250. The van der Waals surface area contributed by atoms with E-state index in [1.165, 1.54) is 29.5 Å². The van der Waals surface area contributed by atoms with Crippen LogP contribution >= 0.6 is 0 Å². The van der Waals surface area contributed by atoms with E-state index in [-0.39, 0.29) is 0 Å². The van der Waals surface area contributed by atoms with Crippen LogP contribution in [0.15, 0.2) is 54.6 Å². The van der Waals surface area contributed by atoms with Crippen molar-refractivity contribution in [2.24, 2.45) is 0 Å². The third-order valence-corrected chi connectivity index (χ3v) is 4.42. The van der Waals surface area contributed by atoms with Crippen molar-refractivity contribution in [3.05, 3.63) is 65.7 Å². The first-order chi connectivity index (χ1) is 11.3. The average Bonchev–Trinajstić information content (AvgIpc) is 2.77. The predicted octanol–water partition coefficient (Wildman–Crippen LogP) is 4.60. The summed E-state index contributed by atoms with van der Waals surface area (Å²) < 4.78 is 2.08. The topological polar surface area (TPSA) is 29.9 Å². The summed E-state index contributed by atoms with van der Waals surface area (Å²) in [5.74, 6) is 1.16. The second kappa shape index (κ2) is 5.92. The van der Waals surface area contributed by atoms with Crippen LogP contribution in [0.25, 0.3) is 16.9 Å². The Hall–Kier alpha value is -2.55. The van der Waals surface area contributed by atoms with Gasteiger partial charge in [0.25, 0.3) is 0 Å². The van der Waals surface area contributed by atoms with Crippen molar-refractivity contribution in [3.8, 4) is 16.9 Å². The molecule has 1 aliphatic heterocycles. The van der Waals surface area contributed by atoms with Gasteiger partial charge in [-0.2, -0.15) is 5.10 Å². The van der Waals surface area contributed by atoms with Gasteiger partial charge in [-0.1, -0.05) is 42.5 Å². The molecule has 0 fully saturated rings. The van der Waals surface area contributed by atoms with Crippen molar-refractivity contribution in [3.63, 3.8) is 0 Å². The number of aromatic nitrogens is 2. The van der Waals surface area contributed by atoms with Crippen molar-refractivity contribution in [1.29, 1.82) is 0 Å². The van der Waals surface area contributed by atoms with Crippen molar-refractivity contribution >= 4 is 5.82 Å². The highest BCUT2D eigenvalue weighted by atomic mass is 15.3. The molecule has 0 unspecified atom stereocenters. The molecule has 0 radical (unpaired) electrons. The first-order valence-corrected chi connectivity index (χ1v) is 8.31. The molecule has 2 heterocycles. The summed E-state index contributed by atoms with van der Waals surface area (Å²) in [7, 11) is 0. The number of aryl methyl sites for hydroxylation is 1. The van der Waals surface area contributed by atoms with Crippen molar-refractivity contribution in [2.75, 3.05) is 11.9 Å². The molecule has 23 heavy (non-hydrogen) atoms. The zero-order valence-corrected chi connectivity index (χ0v) is 13.4. The zero-order valence-electron chi connectivity index (χ0n) is 13.4. The number of rotatable bonds is 2. The Labute approximate surface area is 137 Å². The van der Waals surface area contributed by atoms with Gasteiger partial charge >= 0.3 is 0 Å². The van der Waals surface area contributed by atoms with E-state index in [1.54, 1.807) is 0 Å². The van der Waals surface area contributed by atoms with Gasteiger partial charge in [-0.15, -0.1) is 0 Å². The van der Waals surface area contributed by atoms with Gasteiger partial charge < -0.3 is 5.32 Å². The summed E-state index contributed by atoms with van der Waals surface area (Å²) in [5.41, 5.74) is 6.02. The van der Waals surface area contributed by atoms with Crippen LogP contribution in [0.2, 0.25) is 0 Å². The highest BCUT2D eigenvalue weighted by molar-refractivity contribution is 5.71. The predicted molar refractivity (Wildman–Crippen MR) is 95.2 cm³/mol. The van der Waals surface area contributed by atoms with Crippen molar-refractivity contribution in [1.82, 2.24) is 9.78 Å². The number of anilines is 1. The number of nitrogens with one attached hydrogen (secondary N) is 1. The number of nitrogens with zero attached hydrogens (tertiary/aromatic N) is 2. The van der Waals surface area contributed by atoms with Gasteiger partial charge in [0, 0.05) is 17.7 Å². The van der Waals surface area contributed by atoms with Crippen LogP contribution in [0, 0.1) is 6.92 Å². The Morgan fingerprint density at radius 1 is 1.00 bits per heavy atom. The molecule has 0 spiro atoms. The lowest BCUT2D eigenvalue weighted by Gasteiger charge is -2.09. The molecule has 4 rings (SSSR count). The summed E-state index contributed by atoms with van der Waals surface area (Å²) in [6.07, 6.45) is 3.49. The van der Waals surface area contributed by atoms with Crippen LogP contribution in [0.4, 0.5) is 5.82 Å². The SMILES string of the molecule is Cc1cccc(-n2nc(-c3ccccc3)c3c2NCCCC3)c1. The minimum Gasteiger partial charge on any atom is -0.370 e. The van der Waals surface area contributed by atoms with E-state index in [1.807, 2.05) is 0 Å². The van der Waals surface area contributed by atoms with E-state index in [4.69, 9.17) is 5.10 Å². The van der Waals surface area contributed by atoms with E-state index in [2.05, 4.69) is 71.5 Å². The lowest BCUT2D eigenvalue weighted by Crippen LogP contribution is -2.07. The lowest BCUT2D eigenvalue weighted by molar-refractivity contribution is 0.780. The second-order valence-corrected chi connectivity index (χ2v) is 6.18. The van der Waals surface area contributed by atoms with Gasteiger partial charge in [-0.05, 0) is 43.9 Å². The maximum Gasteiger partial charge on any atom is 0.133 e. The summed E-state index contributed by atoms with van der Waals surface area (Å²) in [4.78, 5) is 0. The Morgan fingerprint density at radius 2 is 1.87 bits per heavy atom. The maximum absolute atomic E-state index is 4.97. The number of fused-ring (bicyclic) bond motifs is 1. The molecule has 0 amide bonds. The molecule has 116 valence electrons. The van der Waals surface area contributed by atoms with E-state index < -0.39 is 0 Å². The normalized spacial score (nSPS) is 14.0. The van der Waals surface area contributed by atoms with Crippen molar-refractivity contribution in [2.45, 2.75) is 26.2 Å². The van der Waals surface area contributed by atoms with Gasteiger partial charge in [-0.3, -0.25) is 0 Å². The monoisotopic (exact) mass is 303 g/mol. The number of hydrogen-bond donors (Lipinski definition) is 1. The minimum atomic E-state index is 1.01. The summed E-state index contributed by atoms with van der Waals surface area (Å²) in [6.45, 7) is 3.13. The molecule has 2 aromatic carbocycles. The molecule has 3 heteroatoms. The first kappa shape index (κ1) is 14.1. The van der Waals surface area contributed by atoms with E-state index >= 15 is 0 Å². The van der Waals surface area contributed by atoms with Gasteiger partial charge in [0.2, 0.25) is 0 Å². The van der Waals surface area contributed by atoms with E-state index in [9.17, 15) is 0 Å². The standard InChI is InChI=1S/C20H21N3/c1-15-8-7-11-17(14-15)23-20-18(12-5-6-13-21-20)19(22-23)16-9-3-2-4-10-16/h2-4,7-11,14,21H,5-6,12-13H2,1H3. The summed E-state index contributed by atoms with van der Waals surface area (Å²) in [6, 6.07) is 19.0. The van der Waals surface area contributed by atoms with Gasteiger partial charge in [0.1, 0.15) is 5.82 Å². The van der Waals surface area contributed by atoms with Crippen LogP contribution in [0.3, 0.4) is 0 Å². The van der Waals surface area contributed by atoms with Crippen LogP contribution in [-0.2, 0) is 6.42 Å². The lowest BCUT2D eigenvalue weighted by atomic mass is 10.0. The summed E-state index contributed by atoms with van der Waals surface area (Å²) >= 11 is 0. The highest BCUT2D eigenvalue weighted by Gasteiger charge is 2.21. The maximum atomic E-state index is 4.97. The fourth-order valence-electron chi connectivity index (χ4n) is 3.28. The zero-order chi connectivity index (χ0) is 15.6. The van der Waals surface area contributed by atoms with E-state index in [0.717, 1.165) is 30.2 Å². The molecule has 1 aliphatic rings. The van der Waals surface area contributed by atoms with Crippen LogP contribution in [-0.4, -0.2) is 16.3 Å². The van der Waals surface area contributed by atoms with E-state index in [0.29, 0.717) is 0 Å². The number of hydrogen-bond acceptors (Lipinski definition) is 2. The molecule has 1 N–H and O–H groups in total. The molecule has 3 nitrogen and oxygen atoms in total. The van der Waals surface area contributed by atoms with Crippen LogP contribution < -0.4 is 5.32 Å². The second-order valence-electron chi connectivity index (χ2n) is 6.18. The fourth-order valence-corrected chi connectivity index (χ4v) is 3.28. The first-order valence-electron chi connectivity index (χ1n) is 8.31. The smallest absolute Gasteiger partial charge is 0.133 e. The quantitative estimate of drug-likeness (QED) is 0.750. The van der Waals surface area contributed by atoms with Crippen LogP contribution in [0.5, 0.6) is 0 Å². The Kier molecular flexibility index (Phi) is 3.62. The van der Waals surface area contributed by atoms with Crippen LogP contribution in [0.1, 0.15) is 24.0 Å². The molecular weight excluding hydrogens is 282 g/mol. The third kappa shape index (κ3) is 2.63. The Morgan fingerprint density at radius 3 is 2.70 bits per heavy atom. The van der Waals surface area contributed by atoms with Gasteiger partial charge in [-0.25, -0.2) is 4.68 Å². The largest absolute Gasteiger partial charge is 0.370 e. The average molecular weight is 303 g/mol. The highest BCUT2D eigenvalue weighted by Crippen LogP contribution is 2.33. The molecule has 0 atom stereocenters. The minimum absolute atomic E-state index is 1.01. The third-order valence-electron chi connectivity index (χ3n) is 4.42. The molecule has 0 saturated carbocycles. The molecule has 0 saturated heterocycles. The van der Waals surface area contributed by atoms with Crippen molar-refractivity contribution < 1.29 is 0 Å². The van der Waals surface area contributed by atoms with Gasteiger partial charge in [0.15, 0.2) is 0 Å². The molecular formula is C20H21N3. The Balaban J connectivity index is 1.92. The molecule has 3 aromatic rings. The molecule has 0 bridgehead atoms. The molecule has 1 aromatic heterocycles. The van der Waals surface area contributed by atoms with Gasteiger partial charge in [0.05, 0.1) is 11.4 Å².